The van der Waals surface area contributed by atoms with E-state index in [2.05, 4.69) is 17.9 Å². The van der Waals surface area contributed by atoms with E-state index in [1.165, 1.54) is 20.9 Å². The quantitative estimate of drug-likeness (QED) is 0.826. The summed E-state index contributed by atoms with van der Waals surface area (Å²) in [5, 5.41) is 10.2. The third-order valence-corrected chi connectivity index (χ3v) is 6.50. The number of rotatable bonds is 3. The van der Waals surface area contributed by atoms with Crippen molar-refractivity contribution < 1.29 is 9.84 Å². The van der Waals surface area contributed by atoms with Crippen molar-refractivity contribution in [2.24, 2.45) is 0 Å². The maximum Gasteiger partial charge on any atom is 0.165 e. The van der Waals surface area contributed by atoms with Gasteiger partial charge in [0.1, 0.15) is 0 Å². The molecule has 0 radical (unpaired) electrons. The molecule has 4 rings (SSSR count). The first kappa shape index (κ1) is 16.2. The van der Waals surface area contributed by atoms with Crippen LogP contribution in [0.15, 0.2) is 18.2 Å². The minimum Gasteiger partial charge on any atom is -0.504 e. The molecule has 3 nitrogen and oxygen atoms in total. The van der Waals surface area contributed by atoms with Gasteiger partial charge in [0.2, 0.25) is 0 Å². The van der Waals surface area contributed by atoms with Crippen LogP contribution in [0.1, 0.15) is 39.4 Å². The predicted octanol–water partition coefficient (Wildman–Crippen LogP) is 4.29. The van der Waals surface area contributed by atoms with Crippen LogP contribution in [0.4, 0.5) is 0 Å². The second-order valence-electron chi connectivity index (χ2n) is 6.77. The highest BCUT2D eigenvalue weighted by Gasteiger charge is 2.35. The maximum absolute atomic E-state index is 10.1. The largest absolute Gasteiger partial charge is 0.504 e. The summed E-state index contributed by atoms with van der Waals surface area (Å²) >= 11 is 8.12. The van der Waals surface area contributed by atoms with Crippen LogP contribution in [0.3, 0.4) is 0 Å². The Bertz CT molecular complexity index is 771. The molecule has 0 saturated carbocycles. The summed E-state index contributed by atoms with van der Waals surface area (Å²) in [6, 6.07) is 6.61. The smallest absolute Gasteiger partial charge is 0.165 e. The van der Waals surface area contributed by atoms with E-state index in [1.54, 1.807) is 13.2 Å². The Labute approximate surface area is 151 Å². The van der Waals surface area contributed by atoms with Crippen molar-refractivity contribution in [2.75, 3.05) is 13.7 Å². The number of halogens is 1. The lowest BCUT2D eigenvalue weighted by molar-refractivity contribution is 0.159. The third kappa shape index (κ3) is 2.71. The Hall–Kier alpha value is -1.23. The van der Waals surface area contributed by atoms with Crippen LogP contribution < -0.4 is 4.74 Å². The molecule has 0 amide bonds. The highest BCUT2D eigenvalue weighted by atomic mass is 35.5. The molecule has 128 valence electrons. The minimum atomic E-state index is 0.181. The standard InChI is InChI=1S/C19H22ClNO2S/c1-11(20)7-13-9-14-16-8-12-3-4-17(22)19(23-2)15(12)10-21(16)6-5-18(14)24-13/h3-4,9,11,16,22H,5-8,10H2,1-2H3. The van der Waals surface area contributed by atoms with Crippen molar-refractivity contribution in [3.05, 3.63) is 44.6 Å². The van der Waals surface area contributed by atoms with E-state index in [1.807, 2.05) is 17.4 Å². The molecule has 2 aliphatic rings. The first-order chi connectivity index (χ1) is 11.6. The van der Waals surface area contributed by atoms with Gasteiger partial charge >= 0.3 is 0 Å². The number of nitrogens with zero attached hydrogens (tertiary/aromatic N) is 1. The number of aromatic hydroxyl groups is 1. The highest BCUT2D eigenvalue weighted by Crippen LogP contribution is 2.45. The second kappa shape index (κ2) is 6.25. The molecule has 0 aliphatic carbocycles. The number of ether oxygens (including phenoxy) is 1. The molecule has 2 aromatic rings. The van der Waals surface area contributed by atoms with Gasteiger partial charge in [0.25, 0.3) is 0 Å². The lowest BCUT2D eigenvalue weighted by atomic mass is 9.86. The summed E-state index contributed by atoms with van der Waals surface area (Å²) < 4.78 is 5.45. The Morgan fingerprint density at radius 2 is 2.29 bits per heavy atom. The summed E-state index contributed by atoms with van der Waals surface area (Å²) in [6.45, 7) is 3.96. The summed E-state index contributed by atoms with van der Waals surface area (Å²) in [6.07, 6.45) is 3.03. The molecular weight excluding hydrogens is 342 g/mol. The van der Waals surface area contributed by atoms with Crippen molar-refractivity contribution >= 4 is 22.9 Å². The molecule has 0 saturated heterocycles. The molecule has 2 aliphatic heterocycles. The van der Waals surface area contributed by atoms with E-state index in [0.717, 1.165) is 37.9 Å². The van der Waals surface area contributed by atoms with E-state index in [9.17, 15) is 5.11 Å². The molecule has 0 bridgehead atoms. The van der Waals surface area contributed by atoms with E-state index in [4.69, 9.17) is 16.3 Å². The Morgan fingerprint density at radius 3 is 3.04 bits per heavy atom. The molecule has 1 N–H and O–H groups in total. The molecule has 24 heavy (non-hydrogen) atoms. The van der Waals surface area contributed by atoms with Gasteiger partial charge in [0.15, 0.2) is 11.5 Å². The van der Waals surface area contributed by atoms with Crippen LogP contribution >= 0.6 is 22.9 Å². The van der Waals surface area contributed by atoms with E-state index >= 15 is 0 Å². The molecule has 2 unspecified atom stereocenters. The van der Waals surface area contributed by atoms with Crippen LogP contribution in [-0.2, 0) is 25.8 Å². The van der Waals surface area contributed by atoms with Crippen molar-refractivity contribution in [2.45, 2.75) is 44.1 Å². The summed E-state index contributed by atoms with van der Waals surface area (Å²) in [5.74, 6) is 0.875. The van der Waals surface area contributed by atoms with Gasteiger partial charge in [-0.05, 0) is 49.4 Å². The first-order valence-electron chi connectivity index (χ1n) is 8.44. The molecule has 3 heterocycles. The third-order valence-electron chi connectivity index (χ3n) is 5.12. The van der Waals surface area contributed by atoms with E-state index < -0.39 is 0 Å². The Balaban J connectivity index is 1.69. The van der Waals surface area contributed by atoms with Crippen molar-refractivity contribution in [1.29, 1.82) is 0 Å². The minimum absolute atomic E-state index is 0.181. The Morgan fingerprint density at radius 1 is 1.46 bits per heavy atom. The molecule has 1 aromatic carbocycles. The van der Waals surface area contributed by atoms with Crippen molar-refractivity contribution in [1.82, 2.24) is 4.90 Å². The van der Waals surface area contributed by atoms with Gasteiger partial charge in [-0.1, -0.05) is 6.07 Å². The van der Waals surface area contributed by atoms with Crippen LogP contribution in [0.2, 0.25) is 0 Å². The average Bonchev–Trinajstić information content (AvgIpc) is 2.95. The lowest BCUT2D eigenvalue weighted by Crippen LogP contribution is -2.38. The SMILES string of the molecule is COc1c(O)ccc2c1CN1CCc3sc(CC(C)Cl)cc3C1C2. The fraction of sp³-hybridized carbons (Fsp3) is 0.474. The summed E-state index contributed by atoms with van der Waals surface area (Å²) in [5.41, 5.74) is 3.91. The molecule has 0 spiro atoms. The average molecular weight is 364 g/mol. The molecule has 0 fully saturated rings. The highest BCUT2D eigenvalue weighted by molar-refractivity contribution is 7.12. The second-order valence-corrected chi connectivity index (χ2v) is 8.74. The number of thiophene rings is 1. The van der Waals surface area contributed by atoms with E-state index in [-0.39, 0.29) is 11.1 Å². The molecular formula is C19H22ClNO2S. The summed E-state index contributed by atoms with van der Waals surface area (Å²) in [4.78, 5) is 5.45. The molecule has 2 atom stereocenters. The van der Waals surface area contributed by atoms with Gasteiger partial charge in [0.05, 0.1) is 7.11 Å². The number of benzene rings is 1. The number of hydrogen-bond acceptors (Lipinski definition) is 4. The van der Waals surface area contributed by atoms with Crippen LogP contribution in [-0.4, -0.2) is 29.0 Å². The fourth-order valence-corrected chi connectivity index (χ4v) is 5.64. The predicted molar refractivity (Wildman–Crippen MR) is 98.6 cm³/mol. The normalized spacial score (nSPS) is 20.9. The summed E-state index contributed by atoms with van der Waals surface area (Å²) in [7, 11) is 1.63. The number of methoxy groups -OCH3 is 1. The van der Waals surface area contributed by atoms with Gasteiger partial charge < -0.3 is 9.84 Å². The van der Waals surface area contributed by atoms with Gasteiger partial charge in [0, 0.05) is 39.8 Å². The van der Waals surface area contributed by atoms with Crippen LogP contribution in [0, 0.1) is 0 Å². The van der Waals surface area contributed by atoms with Gasteiger partial charge in [-0.15, -0.1) is 22.9 Å². The first-order valence-corrected chi connectivity index (χ1v) is 9.69. The topological polar surface area (TPSA) is 32.7 Å². The number of phenols is 1. The van der Waals surface area contributed by atoms with Gasteiger partial charge in [-0.2, -0.15) is 0 Å². The zero-order chi connectivity index (χ0) is 16.8. The van der Waals surface area contributed by atoms with Crippen molar-refractivity contribution in [3.8, 4) is 11.5 Å². The zero-order valence-corrected chi connectivity index (χ0v) is 15.6. The number of hydrogen-bond donors (Lipinski definition) is 1. The Kier molecular flexibility index (Phi) is 4.23. The maximum atomic E-state index is 10.1. The van der Waals surface area contributed by atoms with Crippen molar-refractivity contribution in [3.63, 3.8) is 0 Å². The van der Waals surface area contributed by atoms with E-state index in [0.29, 0.717) is 11.8 Å². The monoisotopic (exact) mass is 363 g/mol. The zero-order valence-electron chi connectivity index (χ0n) is 14.0. The molecule has 1 aromatic heterocycles. The fourth-order valence-electron chi connectivity index (χ4n) is 4.04. The molecule has 5 heteroatoms. The number of fused-ring (bicyclic) bond motifs is 4. The number of phenolic OH excluding ortho intramolecular Hbond substituents is 1. The van der Waals surface area contributed by atoms with Crippen LogP contribution in [0.5, 0.6) is 11.5 Å². The lowest BCUT2D eigenvalue weighted by Gasteiger charge is -2.40. The van der Waals surface area contributed by atoms with Gasteiger partial charge in [-0.25, -0.2) is 0 Å². The number of alkyl halides is 1. The van der Waals surface area contributed by atoms with Gasteiger partial charge in [-0.3, -0.25) is 4.90 Å². The van der Waals surface area contributed by atoms with Crippen LogP contribution in [0.25, 0.3) is 0 Å².